The van der Waals surface area contributed by atoms with Crippen molar-refractivity contribution < 1.29 is 8.78 Å². The van der Waals surface area contributed by atoms with Crippen LogP contribution in [0, 0.1) is 5.92 Å². The lowest BCUT2D eigenvalue weighted by atomic mass is 9.81. The zero-order chi connectivity index (χ0) is 13.7. The molecule has 0 heterocycles. The van der Waals surface area contributed by atoms with Crippen molar-refractivity contribution in [1.82, 2.24) is 0 Å². The van der Waals surface area contributed by atoms with Gasteiger partial charge in [-0.25, -0.2) is 8.78 Å². The van der Waals surface area contributed by atoms with E-state index >= 15 is 0 Å². The number of halogens is 2. The minimum absolute atomic E-state index is 0.0179. The molecule has 1 unspecified atom stereocenters. The molecule has 1 nitrogen and oxygen atoms in total. The maximum absolute atomic E-state index is 13.1. The second-order valence-corrected chi connectivity index (χ2v) is 5.74. The van der Waals surface area contributed by atoms with E-state index < -0.39 is 5.92 Å². The molecule has 2 N–H and O–H groups in total. The van der Waals surface area contributed by atoms with Crippen LogP contribution < -0.4 is 5.73 Å². The summed E-state index contributed by atoms with van der Waals surface area (Å²) in [6, 6.07) is 10.4. The molecule has 0 aliphatic heterocycles. The van der Waals surface area contributed by atoms with E-state index in [2.05, 4.69) is 12.1 Å². The smallest absolute Gasteiger partial charge is 0.248 e. The first kappa shape index (κ1) is 14.4. The molecule has 3 heteroatoms. The molecule has 2 rings (SSSR count). The first-order valence-electron chi connectivity index (χ1n) is 7.24. The highest BCUT2D eigenvalue weighted by Gasteiger charge is 2.36. The zero-order valence-electron chi connectivity index (χ0n) is 11.3. The molecule has 1 saturated carbocycles. The number of benzene rings is 1. The summed E-state index contributed by atoms with van der Waals surface area (Å²) in [4.78, 5) is 0. The molecule has 1 aliphatic rings. The number of hydrogen-bond acceptors (Lipinski definition) is 1. The van der Waals surface area contributed by atoms with Crippen LogP contribution in [0.4, 0.5) is 8.78 Å². The Morgan fingerprint density at radius 2 is 1.79 bits per heavy atom. The van der Waals surface area contributed by atoms with Gasteiger partial charge in [0.05, 0.1) is 0 Å². The summed E-state index contributed by atoms with van der Waals surface area (Å²) in [5.41, 5.74) is 7.48. The van der Waals surface area contributed by atoms with Crippen molar-refractivity contribution in [2.24, 2.45) is 11.7 Å². The van der Waals surface area contributed by atoms with Crippen LogP contribution in [0.2, 0.25) is 0 Å². The summed E-state index contributed by atoms with van der Waals surface area (Å²) in [6.07, 6.45) is 4.20. The van der Waals surface area contributed by atoms with Crippen molar-refractivity contribution in [3.8, 4) is 0 Å². The molecule has 0 bridgehead atoms. The first-order chi connectivity index (χ1) is 9.07. The molecule has 106 valence electrons. The maximum atomic E-state index is 13.1. The average molecular weight is 267 g/mol. The number of rotatable bonds is 5. The Kier molecular flexibility index (Phi) is 4.92. The van der Waals surface area contributed by atoms with Gasteiger partial charge in [-0.05, 0) is 43.6 Å². The highest BCUT2D eigenvalue weighted by molar-refractivity contribution is 5.14. The molecule has 1 atom stereocenters. The Hall–Kier alpha value is -0.960. The zero-order valence-corrected chi connectivity index (χ0v) is 11.3. The Labute approximate surface area is 114 Å². The Morgan fingerprint density at radius 1 is 1.16 bits per heavy atom. The lowest BCUT2D eigenvalue weighted by Crippen LogP contribution is -2.36. The van der Waals surface area contributed by atoms with E-state index in [1.54, 1.807) is 0 Å². The summed E-state index contributed by atoms with van der Waals surface area (Å²) in [5, 5.41) is 0. The molecule has 1 aromatic carbocycles. The van der Waals surface area contributed by atoms with Crippen LogP contribution in [0.25, 0.3) is 0 Å². The molecule has 0 saturated heterocycles. The predicted molar refractivity (Wildman–Crippen MR) is 74.3 cm³/mol. The van der Waals surface area contributed by atoms with Gasteiger partial charge in [0, 0.05) is 18.9 Å². The second-order valence-electron chi connectivity index (χ2n) is 5.74. The molecule has 0 aromatic heterocycles. The van der Waals surface area contributed by atoms with Crippen LogP contribution >= 0.6 is 0 Å². The molecule has 19 heavy (non-hydrogen) atoms. The average Bonchev–Trinajstić information content (AvgIpc) is 2.39. The van der Waals surface area contributed by atoms with E-state index in [1.165, 1.54) is 5.56 Å². The lowest BCUT2D eigenvalue weighted by Gasteiger charge is -2.32. The standard InChI is InChI=1S/C16H23F2N/c17-16(18)11-9-14(10-12-16)15(19)8-4-7-13-5-2-1-3-6-13/h1-3,5-6,14-15H,4,7-12,19H2. The van der Waals surface area contributed by atoms with Crippen LogP contribution in [0.1, 0.15) is 44.1 Å². The van der Waals surface area contributed by atoms with Gasteiger partial charge in [0.15, 0.2) is 0 Å². The Balaban J connectivity index is 1.69. The summed E-state index contributed by atoms with van der Waals surface area (Å²) in [6.45, 7) is 0. The van der Waals surface area contributed by atoms with Gasteiger partial charge in [0.25, 0.3) is 0 Å². The number of hydrogen-bond donors (Lipinski definition) is 1. The first-order valence-corrected chi connectivity index (χ1v) is 7.24. The Bertz CT molecular complexity index is 368. The fourth-order valence-electron chi connectivity index (χ4n) is 2.91. The molecule has 1 aliphatic carbocycles. The lowest BCUT2D eigenvalue weighted by molar-refractivity contribution is -0.0484. The normalized spacial score (nSPS) is 21.2. The van der Waals surface area contributed by atoms with Gasteiger partial charge in [0.2, 0.25) is 5.92 Å². The number of alkyl halides is 2. The van der Waals surface area contributed by atoms with Gasteiger partial charge in [-0.2, -0.15) is 0 Å². The molecular formula is C16H23F2N. The van der Waals surface area contributed by atoms with E-state index in [4.69, 9.17) is 5.73 Å². The highest BCUT2D eigenvalue weighted by Crippen LogP contribution is 2.37. The third-order valence-corrected chi connectivity index (χ3v) is 4.21. The van der Waals surface area contributed by atoms with Gasteiger partial charge < -0.3 is 5.73 Å². The molecule has 1 fully saturated rings. The number of nitrogens with two attached hydrogens (primary N) is 1. The summed E-state index contributed by atoms with van der Waals surface area (Å²) < 4.78 is 26.1. The molecule has 1 aromatic rings. The third-order valence-electron chi connectivity index (χ3n) is 4.21. The fourth-order valence-corrected chi connectivity index (χ4v) is 2.91. The van der Waals surface area contributed by atoms with Gasteiger partial charge >= 0.3 is 0 Å². The third kappa shape index (κ3) is 4.57. The minimum Gasteiger partial charge on any atom is -0.327 e. The molecular weight excluding hydrogens is 244 g/mol. The number of aryl methyl sites for hydroxylation is 1. The van der Waals surface area contributed by atoms with E-state index in [-0.39, 0.29) is 24.8 Å². The molecule has 0 spiro atoms. The fraction of sp³-hybridized carbons (Fsp3) is 0.625. The van der Waals surface area contributed by atoms with E-state index in [9.17, 15) is 8.78 Å². The second kappa shape index (κ2) is 6.47. The van der Waals surface area contributed by atoms with Crippen LogP contribution in [0.5, 0.6) is 0 Å². The highest BCUT2D eigenvalue weighted by atomic mass is 19.3. The molecule has 0 amide bonds. The molecule has 0 radical (unpaired) electrons. The summed E-state index contributed by atoms with van der Waals surface area (Å²) >= 11 is 0. The van der Waals surface area contributed by atoms with Crippen molar-refractivity contribution in [2.75, 3.05) is 0 Å². The topological polar surface area (TPSA) is 26.0 Å². The monoisotopic (exact) mass is 267 g/mol. The Morgan fingerprint density at radius 3 is 2.42 bits per heavy atom. The maximum Gasteiger partial charge on any atom is 0.248 e. The van der Waals surface area contributed by atoms with E-state index in [0.29, 0.717) is 12.8 Å². The van der Waals surface area contributed by atoms with Crippen LogP contribution in [-0.4, -0.2) is 12.0 Å². The van der Waals surface area contributed by atoms with Gasteiger partial charge in [0.1, 0.15) is 0 Å². The van der Waals surface area contributed by atoms with E-state index in [1.807, 2.05) is 18.2 Å². The van der Waals surface area contributed by atoms with Crippen LogP contribution in [-0.2, 0) is 6.42 Å². The van der Waals surface area contributed by atoms with Crippen molar-refractivity contribution in [3.05, 3.63) is 35.9 Å². The SMILES string of the molecule is NC(CCCc1ccccc1)C1CCC(F)(F)CC1. The largest absolute Gasteiger partial charge is 0.327 e. The van der Waals surface area contributed by atoms with Crippen molar-refractivity contribution in [3.63, 3.8) is 0 Å². The van der Waals surface area contributed by atoms with Crippen molar-refractivity contribution in [1.29, 1.82) is 0 Å². The quantitative estimate of drug-likeness (QED) is 0.851. The van der Waals surface area contributed by atoms with Crippen LogP contribution in [0.15, 0.2) is 30.3 Å². The minimum atomic E-state index is -2.44. The summed E-state index contributed by atoms with van der Waals surface area (Å²) in [5.74, 6) is -2.16. The van der Waals surface area contributed by atoms with Gasteiger partial charge in [-0.3, -0.25) is 0 Å². The van der Waals surface area contributed by atoms with Gasteiger partial charge in [-0.1, -0.05) is 30.3 Å². The van der Waals surface area contributed by atoms with Crippen LogP contribution in [0.3, 0.4) is 0 Å². The van der Waals surface area contributed by atoms with Crippen molar-refractivity contribution in [2.45, 2.75) is 56.9 Å². The predicted octanol–water partition coefficient (Wildman–Crippen LogP) is 4.16. The van der Waals surface area contributed by atoms with E-state index in [0.717, 1.165) is 19.3 Å². The summed E-state index contributed by atoms with van der Waals surface area (Å²) in [7, 11) is 0. The van der Waals surface area contributed by atoms with Crippen molar-refractivity contribution >= 4 is 0 Å². The van der Waals surface area contributed by atoms with Gasteiger partial charge in [-0.15, -0.1) is 0 Å².